The predicted octanol–water partition coefficient (Wildman–Crippen LogP) is 4.73. The SMILES string of the molecule is CCOC(=O)C1=C(C)N=c2s/c(=C\c3cccc([N+](=O)[O-])c3)c(=O)n2[C@@H]1c1ccc(-c2ccc(Br)cc2)o1. The van der Waals surface area contributed by atoms with E-state index < -0.39 is 22.5 Å². The molecule has 3 heterocycles. The Kier molecular flexibility index (Phi) is 6.96. The number of allylic oxidation sites excluding steroid dienone is 1. The third-order valence-electron chi connectivity index (χ3n) is 5.92. The van der Waals surface area contributed by atoms with Gasteiger partial charge in [-0.25, -0.2) is 9.79 Å². The van der Waals surface area contributed by atoms with Crippen LogP contribution in [0.4, 0.5) is 5.69 Å². The molecule has 0 aliphatic carbocycles. The summed E-state index contributed by atoms with van der Waals surface area (Å²) in [5, 5.41) is 11.2. The molecular weight excluding hydrogens is 574 g/mol. The van der Waals surface area contributed by atoms with Gasteiger partial charge < -0.3 is 9.15 Å². The molecule has 2 aromatic heterocycles. The van der Waals surface area contributed by atoms with E-state index >= 15 is 0 Å². The lowest BCUT2D eigenvalue weighted by Crippen LogP contribution is -2.39. The number of rotatable bonds is 6. The highest BCUT2D eigenvalue weighted by Gasteiger charge is 2.35. The molecule has 0 fully saturated rings. The van der Waals surface area contributed by atoms with Gasteiger partial charge in [-0.2, -0.15) is 0 Å². The number of benzene rings is 2. The maximum Gasteiger partial charge on any atom is 0.338 e. The van der Waals surface area contributed by atoms with Crippen LogP contribution in [0.5, 0.6) is 0 Å². The summed E-state index contributed by atoms with van der Waals surface area (Å²) in [6.07, 6.45) is 1.58. The number of nitro groups is 1. The Bertz CT molecular complexity index is 1780. The molecule has 2 aromatic carbocycles. The normalized spacial score (nSPS) is 15.2. The second kappa shape index (κ2) is 10.3. The number of nitrogens with zero attached hydrogens (tertiary/aromatic N) is 3. The molecule has 0 saturated heterocycles. The number of non-ortho nitro benzene ring substituents is 1. The van der Waals surface area contributed by atoms with Gasteiger partial charge in [-0.05, 0) is 49.8 Å². The van der Waals surface area contributed by atoms with Crippen LogP contribution in [0.25, 0.3) is 17.4 Å². The predicted molar refractivity (Wildman–Crippen MR) is 145 cm³/mol. The molecule has 1 atom stereocenters. The van der Waals surface area contributed by atoms with Crippen molar-refractivity contribution in [2.75, 3.05) is 6.61 Å². The number of ether oxygens (including phenoxy) is 1. The molecular formula is C27H20BrN3O6S. The molecule has 1 aliphatic rings. The lowest BCUT2D eigenvalue weighted by Gasteiger charge is -2.22. The molecule has 0 spiro atoms. The van der Waals surface area contributed by atoms with Gasteiger partial charge >= 0.3 is 5.97 Å². The van der Waals surface area contributed by atoms with E-state index in [1.165, 1.54) is 16.7 Å². The minimum atomic E-state index is -0.901. The van der Waals surface area contributed by atoms with Crippen molar-refractivity contribution < 1.29 is 18.9 Å². The summed E-state index contributed by atoms with van der Waals surface area (Å²) in [5.74, 6) is 0.362. The van der Waals surface area contributed by atoms with Gasteiger partial charge in [0, 0.05) is 22.2 Å². The van der Waals surface area contributed by atoms with Crippen molar-refractivity contribution in [3.8, 4) is 11.3 Å². The summed E-state index contributed by atoms with van der Waals surface area (Å²) in [4.78, 5) is 42.4. The molecule has 5 rings (SSSR count). The van der Waals surface area contributed by atoms with Crippen molar-refractivity contribution in [2.45, 2.75) is 19.9 Å². The van der Waals surface area contributed by atoms with Gasteiger partial charge in [0.15, 0.2) is 4.80 Å². The van der Waals surface area contributed by atoms with Gasteiger partial charge in [-0.3, -0.25) is 19.5 Å². The maximum atomic E-state index is 13.7. The van der Waals surface area contributed by atoms with E-state index in [4.69, 9.17) is 9.15 Å². The first-order valence-corrected chi connectivity index (χ1v) is 13.2. The highest BCUT2D eigenvalue weighted by Crippen LogP contribution is 2.34. The van der Waals surface area contributed by atoms with Crippen LogP contribution >= 0.6 is 27.3 Å². The van der Waals surface area contributed by atoms with Crippen molar-refractivity contribution in [2.24, 2.45) is 4.99 Å². The lowest BCUT2D eigenvalue weighted by atomic mass is 10.0. The number of halogens is 1. The summed E-state index contributed by atoms with van der Waals surface area (Å²) in [6.45, 7) is 3.55. The molecule has 0 unspecified atom stereocenters. The van der Waals surface area contributed by atoms with Crippen LogP contribution in [0.15, 0.2) is 90.6 Å². The van der Waals surface area contributed by atoms with E-state index in [9.17, 15) is 19.7 Å². The Labute approximate surface area is 228 Å². The third-order valence-corrected chi connectivity index (χ3v) is 7.43. The first-order chi connectivity index (χ1) is 18.3. The largest absolute Gasteiger partial charge is 0.463 e. The van der Waals surface area contributed by atoms with Crippen LogP contribution in [0.1, 0.15) is 31.2 Å². The van der Waals surface area contributed by atoms with Crippen molar-refractivity contribution in [1.82, 2.24) is 4.57 Å². The van der Waals surface area contributed by atoms with E-state index in [1.807, 2.05) is 24.3 Å². The Morgan fingerprint density at radius 2 is 2.00 bits per heavy atom. The number of carbonyl (C=O) groups excluding carboxylic acids is 1. The number of furan rings is 1. The smallest absolute Gasteiger partial charge is 0.338 e. The van der Waals surface area contributed by atoms with Crippen LogP contribution in [0.3, 0.4) is 0 Å². The average Bonchev–Trinajstić information content (AvgIpc) is 3.49. The number of carbonyl (C=O) groups is 1. The zero-order valence-corrected chi connectivity index (χ0v) is 22.6. The van der Waals surface area contributed by atoms with Crippen molar-refractivity contribution in [1.29, 1.82) is 0 Å². The fourth-order valence-corrected chi connectivity index (χ4v) is 5.52. The number of thiazole rings is 1. The fraction of sp³-hybridized carbons (Fsp3) is 0.148. The topological polar surface area (TPSA) is 117 Å². The molecule has 4 aromatic rings. The van der Waals surface area contributed by atoms with Crippen molar-refractivity contribution >= 4 is 45.0 Å². The van der Waals surface area contributed by atoms with Gasteiger partial charge in [0.05, 0.1) is 27.3 Å². The zero-order valence-electron chi connectivity index (χ0n) is 20.2. The second-order valence-corrected chi connectivity index (χ2v) is 10.3. The van der Waals surface area contributed by atoms with Crippen LogP contribution in [0, 0.1) is 10.1 Å². The Balaban J connectivity index is 1.68. The number of fused-ring (bicyclic) bond motifs is 1. The van der Waals surface area contributed by atoms with Crippen LogP contribution < -0.4 is 14.9 Å². The maximum absolute atomic E-state index is 13.7. The fourth-order valence-electron chi connectivity index (χ4n) is 4.21. The van der Waals surface area contributed by atoms with Crippen LogP contribution in [-0.2, 0) is 9.53 Å². The summed E-state index contributed by atoms with van der Waals surface area (Å²) in [7, 11) is 0. The highest BCUT2D eigenvalue weighted by atomic mass is 79.9. The molecule has 0 radical (unpaired) electrons. The van der Waals surface area contributed by atoms with Gasteiger partial charge in [0.1, 0.15) is 17.6 Å². The van der Waals surface area contributed by atoms with E-state index in [-0.39, 0.29) is 17.9 Å². The molecule has 0 N–H and O–H groups in total. The molecule has 0 amide bonds. The van der Waals surface area contributed by atoms with Crippen LogP contribution in [0.2, 0.25) is 0 Å². The van der Waals surface area contributed by atoms with Crippen molar-refractivity contribution in [3.63, 3.8) is 0 Å². The molecule has 1 aliphatic heterocycles. The lowest BCUT2D eigenvalue weighted by molar-refractivity contribution is -0.384. The van der Waals surface area contributed by atoms with E-state index in [0.29, 0.717) is 32.1 Å². The molecule has 11 heteroatoms. The van der Waals surface area contributed by atoms with E-state index in [2.05, 4.69) is 20.9 Å². The Hall–Kier alpha value is -4.09. The Morgan fingerprint density at radius 1 is 1.24 bits per heavy atom. The van der Waals surface area contributed by atoms with Gasteiger partial charge in [0.2, 0.25) is 0 Å². The minimum absolute atomic E-state index is 0.0825. The number of aromatic nitrogens is 1. The van der Waals surface area contributed by atoms with Gasteiger partial charge in [-0.15, -0.1) is 0 Å². The summed E-state index contributed by atoms with van der Waals surface area (Å²) in [6, 6.07) is 16.2. The zero-order chi connectivity index (χ0) is 27.0. The summed E-state index contributed by atoms with van der Waals surface area (Å²) < 4.78 is 14.2. The number of esters is 1. The second-order valence-electron chi connectivity index (χ2n) is 8.36. The van der Waals surface area contributed by atoms with Crippen LogP contribution in [-0.4, -0.2) is 22.1 Å². The number of hydrogen-bond donors (Lipinski definition) is 0. The van der Waals surface area contributed by atoms with E-state index in [0.717, 1.165) is 21.4 Å². The number of nitro benzene ring substituents is 1. The monoisotopic (exact) mass is 593 g/mol. The average molecular weight is 594 g/mol. The first kappa shape index (κ1) is 25.6. The molecule has 9 nitrogen and oxygen atoms in total. The number of hydrogen-bond acceptors (Lipinski definition) is 8. The quantitative estimate of drug-likeness (QED) is 0.181. The van der Waals surface area contributed by atoms with Gasteiger partial charge in [0.25, 0.3) is 11.2 Å². The van der Waals surface area contributed by atoms with E-state index in [1.54, 1.807) is 44.2 Å². The summed E-state index contributed by atoms with van der Waals surface area (Å²) >= 11 is 4.55. The molecule has 192 valence electrons. The molecule has 0 bridgehead atoms. The van der Waals surface area contributed by atoms with Crippen molar-refractivity contribution in [3.05, 3.63) is 118 Å². The molecule has 0 saturated carbocycles. The third kappa shape index (κ3) is 4.77. The summed E-state index contributed by atoms with van der Waals surface area (Å²) in [5.41, 5.74) is 1.46. The Morgan fingerprint density at radius 3 is 2.71 bits per heavy atom. The molecule has 38 heavy (non-hydrogen) atoms. The van der Waals surface area contributed by atoms with Gasteiger partial charge in [-0.1, -0.05) is 51.5 Å². The highest BCUT2D eigenvalue weighted by molar-refractivity contribution is 9.10. The standard InChI is InChI=1S/C27H20BrN3O6S/c1-3-36-26(33)23-15(2)29-27-30(24(23)21-12-11-20(37-21)17-7-9-18(28)10-8-17)25(32)22(38-27)14-16-5-4-6-19(13-16)31(34)35/h4-14,24H,3H2,1-2H3/b22-14-/t24-/m1/s1. The first-order valence-electron chi connectivity index (χ1n) is 11.6. The minimum Gasteiger partial charge on any atom is -0.463 e.